The van der Waals surface area contributed by atoms with Gasteiger partial charge < -0.3 is 11.1 Å². The van der Waals surface area contributed by atoms with Crippen LogP contribution in [-0.2, 0) is 0 Å². The number of benzene rings is 1. The monoisotopic (exact) mass is 290 g/mol. The van der Waals surface area contributed by atoms with Gasteiger partial charge in [-0.15, -0.1) is 0 Å². The van der Waals surface area contributed by atoms with Crippen LogP contribution in [0, 0.1) is 5.82 Å². The first-order chi connectivity index (χ1) is 7.00. The number of nitrogens with two attached hydrogens (primary N) is 1. The molecule has 0 heterocycles. The molecule has 0 atom stereocenters. The first kappa shape index (κ1) is 12.1. The number of carbonyl (C=O) groups excluding carboxylic acids is 1. The Hall–Kier alpha value is -1.01. The molecule has 0 aliphatic heterocycles. The average molecular weight is 291 g/mol. The molecule has 1 aromatic carbocycles. The van der Waals surface area contributed by atoms with Crippen LogP contribution >= 0.6 is 28.1 Å². The molecule has 15 heavy (non-hydrogen) atoms. The van der Waals surface area contributed by atoms with Crippen molar-refractivity contribution in [1.29, 1.82) is 0 Å². The molecule has 1 aromatic rings. The summed E-state index contributed by atoms with van der Waals surface area (Å²) in [6.07, 6.45) is 0. The molecule has 0 saturated carbocycles. The maximum atomic E-state index is 12.9. The van der Waals surface area contributed by atoms with Gasteiger partial charge in [0.2, 0.25) is 0 Å². The lowest BCUT2D eigenvalue weighted by atomic mass is 10.2. The molecule has 3 nitrogen and oxygen atoms in total. The molecule has 0 fully saturated rings. The van der Waals surface area contributed by atoms with Crippen molar-refractivity contribution in [2.75, 3.05) is 6.54 Å². The number of amides is 1. The Labute approximate surface area is 100.0 Å². The third-order valence-electron chi connectivity index (χ3n) is 1.60. The van der Waals surface area contributed by atoms with E-state index in [1.807, 2.05) is 0 Å². The minimum absolute atomic E-state index is 0.0944. The van der Waals surface area contributed by atoms with Gasteiger partial charge in [-0.25, -0.2) is 4.39 Å². The molecule has 0 unspecified atom stereocenters. The fraction of sp³-hybridized carbons (Fsp3) is 0.111. The molecular weight excluding hydrogens is 283 g/mol. The zero-order chi connectivity index (χ0) is 11.4. The van der Waals surface area contributed by atoms with Gasteiger partial charge in [-0.05, 0) is 34.1 Å². The van der Waals surface area contributed by atoms with Crippen LogP contribution in [0.4, 0.5) is 4.39 Å². The molecule has 0 bridgehead atoms. The molecule has 0 radical (unpaired) electrons. The van der Waals surface area contributed by atoms with Crippen LogP contribution in [0.3, 0.4) is 0 Å². The lowest BCUT2D eigenvalue weighted by Gasteiger charge is -2.05. The second-order valence-corrected chi connectivity index (χ2v) is 4.15. The molecule has 80 valence electrons. The van der Waals surface area contributed by atoms with Crippen LogP contribution < -0.4 is 11.1 Å². The van der Waals surface area contributed by atoms with Crippen molar-refractivity contribution in [1.82, 2.24) is 5.32 Å². The first-order valence-corrected chi connectivity index (χ1v) is 5.22. The van der Waals surface area contributed by atoms with Gasteiger partial charge in [-0.3, -0.25) is 4.79 Å². The number of thiocarbonyl (C=S) groups is 1. The first-order valence-electron chi connectivity index (χ1n) is 4.02. The summed E-state index contributed by atoms with van der Waals surface area (Å²) < 4.78 is 13.4. The summed E-state index contributed by atoms with van der Waals surface area (Å²) in [5.74, 6) is -0.896. The third-order valence-corrected chi connectivity index (χ3v) is 2.43. The maximum absolute atomic E-state index is 12.9. The van der Waals surface area contributed by atoms with Crippen molar-refractivity contribution >= 4 is 39.0 Å². The lowest BCUT2D eigenvalue weighted by Crippen LogP contribution is -2.32. The zero-order valence-electron chi connectivity index (χ0n) is 7.59. The quantitative estimate of drug-likeness (QED) is 0.832. The standard InChI is InChI=1S/C9H8BrFN2OS/c10-7-2-1-5(11)3-6(7)9(14)13-4-8(12)15/h1-3H,4H2,(H2,12,15)(H,13,14). The van der Waals surface area contributed by atoms with Crippen molar-refractivity contribution in [2.24, 2.45) is 5.73 Å². The van der Waals surface area contributed by atoms with Crippen LogP contribution in [0.15, 0.2) is 22.7 Å². The summed E-state index contributed by atoms with van der Waals surface area (Å²) >= 11 is 7.75. The molecule has 3 N–H and O–H groups in total. The van der Waals surface area contributed by atoms with Gasteiger partial charge in [0, 0.05) is 4.47 Å². The third kappa shape index (κ3) is 3.56. The van der Waals surface area contributed by atoms with Crippen LogP contribution in [0.1, 0.15) is 10.4 Å². The highest BCUT2D eigenvalue weighted by Crippen LogP contribution is 2.17. The SMILES string of the molecule is NC(=S)CNC(=O)c1cc(F)ccc1Br. The van der Waals surface area contributed by atoms with Gasteiger partial charge in [0.15, 0.2) is 0 Å². The van der Waals surface area contributed by atoms with Crippen LogP contribution in [0.2, 0.25) is 0 Å². The van der Waals surface area contributed by atoms with E-state index in [2.05, 4.69) is 33.5 Å². The molecule has 1 rings (SSSR count). The van der Waals surface area contributed by atoms with E-state index in [-0.39, 0.29) is 17.1 Å². The highest BCUT2D eigenvalue weighted by Gasteiger charge is 2.10. The van der Waals surface area contributed by atoms with E-state index >= 15 is 0 Å². The smallest absolute Gasteiger partial charge is 0.252 e. The Morgan fingerprint density at radius 1 is 1.60 bits per heavy atom. The molecule has 1 amide bonds. The topological polar surface area (TPSA) is 55.1 Å². The predicted octanol–water partition coefficient (Wildman–Crippen LogP) is 1.60. The predicted molar refractivity (Wildman–Crippen MR) is 63.2 cm³/mol. The van der Waals surface area contributed by atoms with Gasteiger partial charge in [0.1, 0.15) is 5.82 Å². The maximum Gasteiger partial charge on any atom is 0.252 e. The summed E-state index contributed by atoms with van der Waals surface area (Å²) in [5, 5.41) is 2.46. The molecule has 0 saturated heterocycles. The van der Waals surface area contributed by atoms with Crippen molar-refractivity contribution in [3.05, 3.63) is 34.1 Å². The fourth-order valence-corrected chi connectivity index (χ4v) is 1.43. The lowest BCUT2D eigenvalue weighted by molar-refractivity contribution is 0.0958. The van der Waals surface area contributed by atoms with Crippen LogP contribution in [0.5, 0.6) is 0 Å². The molecule has 0 spiro atoms. The number of carbonyl (C=O) groups is 1. The normalized spacial score (nSPS) is 9.73. The van der Waals surface area contributed by atoms with E-state index in [1.165, 1.54) is 12.1 Å². The van der Waals surface area contributed by atoms with Gasteiger partial charge in [0.05, 0.1) is 17.1 Å². The Morgan fingerprint density at radius 3 is 2.87 bits per heavy atom. The molecule has 6 heteroatoms. The van der Waals surface area contributed by atoms with Crippen LogP contribution in [-0.4, -0.2) is 17.4 Å². The molecule has 0 aliphatic carbocycles. The molecule has 0 aliphatic rings. The van der Waals surface area contributed by atoms with E-state index in [9.17, 15) is 9.18 Å². The van der Waals surface area contributed by atoms with Crippen LogP contribution in [0.25, 0.3) is 0 Å². The van der Waals surface area contributed by atoms with Gasteiger partial charge >= 0.3 is 0 Å². The highest BCUT2D eigenvalue weighted by molar-refractivity contribution is 9.10. The fourth-order valence-electron chi connectivity index (χ4n) is 0.934. The second kappa shape index (κ2) is 5.18. The minimum Gasteiger partial charge on any atom is -0.392 e. The highest BCUT2D eigenvalue weighted by atomic mass is 79.9. The Morgan fingerprint density at radius 2 is 2.27 bits per heavy atom. The summed E-state index contributed by atoms with van der Waals surface area (Å²) in [4.78, 5) is 11.7. The van der Waals surface area contributed by atoms with E-state index < -0.39 is 11.7 Å². The Balaban J connectivity index is 2.81. The Bertz CT molecular complexity index is 411. The second-order valence-electron chi connectivity index (χ2n) is 2.77. The van der Waals surface area contributed by atoms with Gasteiger partial charge in [-0.1, -0.05) is 12.2 Å². The van der Waals surface area contributed by atoms with Crippen molar-refractivity contribution < 1.29 is 9.18 Å². The summed E-state index contributed by atoms with van der Waals surface area (Å²) in [5.41, 5.74) is 5.43. The van der Waals surface area contributed by atoms with E-state index in [4.69, 9.17) is 5.73 Å². The molecule has 0 aromatic heterocycles. The average Bonchev–Trinajstić information content (AvgIpc) is 2.18. The zero-order valence-corrected chi connectivity index (χ0v) is 9.99. The number of rotatable bonds is 3. The number of hydrogen-bond donors (Lipinski definition) is 2. The van der Waals surface area contributed by atoms with E-state index in [0.29, 0.717) is 4.47 Å². The minimum atomic E-state index is -0.473. The number of halogens is 2. The van der Waals surface area contributed by atoms with E-state index in [0.717, 1.165) is 6.07 Å². The van der Waals surface area contributed by atoms with Crippen molar-refractivity contribution in [2.45, 2.75) is 0 Å². The van der Waals surface area contributed by atoms with E-state index in [1.54, 1.807) is 0 Å². The summed E-state index contributed by atoms with van der Waals surface area (Å²) in [6.45, 7) is 0.0944. The largest absolute Gasteiger partial charge is 0.392 e. The van der Waals surface area contributed by atoms with Crippen molar-refractivity contribution in [3.8, 4) is 0 Å². The number of nitrogens with one attached hydrogen (secondary N) is 1. The summed E-state index contributed by atoms with van der Waals surface area (Å²) in [6, 6.07) is 3.86. The van der Waals surface area contributed by atoms with Gasteiger partial charge in [-0.2, -0.15) is 0 Å². The van der Waals surface area contributed by atoms with Gasteiger partial charge in [0.25, 0.3) is 5.91 Å². The molecular formula is C9H8BrFN2OS. The summed E-state index contributed by atoms with van der Waals surface area (Å²) in [7, 11) is 0. The number of hydrogen-bond acceptors (Lipinski definition) is 2. The van der Waals surface area contributed by atoms with Crippen molar-refractivity contribution in [3.63, 3.8) is 0 Å². The Kier molecular flexibility index (Phi) is 4.16.